The normalized spacial score (nSPS) is 10.9. The molecule has 3 rings (SSSR count). The van der Waals surface area contributed by atoms with Gasteiger partial charge in [-0.25, -0.2) is 0 Å². The van der Waals surface area contributed by atoms with Crippen molar-refractivity contribution in [3.05, 3.63) is 64.8 Å². The van der Waals surface area contributed by atoms with E-state index < -0.39 is 0 Å². The number of para-hydroxylation sites is 2. The molecule has 1 aromatic heterocycles. The van der Waals surface area contributed by atoms with Gasteiger partial charge in [-0.15, -0.1) is 0 Å². The third-order valence-electron chi connectivity index (χ3n) is 3.20. The number of rotatable bonds is 2. The lowest BCUT2D eigenvalue weighted by molar-refractivity contribution is 1.21. The Balaban J connectivity index is 2.04. The van der Waals surface area contributed by atoms with Crippen LogP contribution in [0.15, 0.2) is 48.7 Å². The standard InChI is InChI=1S/C15H13ClN2/c16-13-6-3-4-10(15(13)17)8-11-9-18-14-7-2-1-5-12(11)14/h1-7,9,18H,8,17H2. The average molecular weight is 257 g/mol. The van der Waals surface area contributed by atoms with Crippen LogP contribution in [-0.2, 0) is 6.42 Å². The second kappa shape index (κ2) is 4.39. The number of H-pyrrole nitrogens is 1. The van der Waals surface area contributed by atoms with Crippen molar-refractivity contribution in [1.82, 2.24) is 4.98 Å². The van der Waals surface area contributed by atoms with E-state index in [-0.39, 0.29) is 0 Å². The van der Waals surface area contributed by atoms with E-state index in [1.165, 1.54) is 10.9 Å². The monoisotopic (exact) mass is 256 g/mol. The lowest BCUT2D eigenvalue weighted by Gasteiger charge is -2.06. The molecule has 0 aliphatic rings. The number of halogens is 1. The van der Waals surface area contributed by atoms with Gasteiger partial charge in [0.25, 0.3) is 0 Å². The van der Waals surface area contributed by atoms with Crippen LogP contribution in [0.5, 0.6) is 0 Å². The highest BCUT2D eigenvalue weighted by Crippen LogP contribution is 2.27. The first-order chi connectivity index (χ1) is 8.75. The molecule has 1 heterocycles. The summed E-state index contributed by atoms with van der Waals surface area (Å²) in [5, 5.41) is 1.85. The molecule has 18 heavy (non-hydrogen) atoms. The first-order valence-corrected chi connectivity index (χ1v) is 6.21. The second-order valence-corrected chi connectivity index (χ2v) is 4.76. The first-order valence-electron chi connectivity index (χ1n) is 5.83. The van der Waals surface area contributed by atoms with E-state index in [1.807, 2.05) is 36.5 Å². The van der Waals surface area contributed by atoms with Gasteiger partial charge in [0.15, 0.2) is 0 Å². The number of hydrogen-bond donors (Lipinski definition) is 2. The number of aromatic nitrogens is 1. The van der Waals surface area contributed by atoms with Gasteiger partial charge in [0.05, 0.1) is 10.7 Å². The van der Waals surface area contributed by atoms with Gasteiger partial charge in [-0.1, -0.05) is 41.9 Å². The van der Waals surface area contributed by atoms with Gasteiger partial charge in [-0.05, 0) is 23.3 Å². The van der Waals surface area contributed by atoms with Crippen LogP contribution >= 0.6 is 11.6 Å². The molecule has 3 N–H and O–H groups in total. The molecule has 2 nitrogen and oxygen atoms in total. The largest absolute Gasteiger partial charge is 0.397 e. The van der Waals surface area contributed by atoms with Crippen molar-refractivity contribution in [1.29, 1.82) is 0 Å². The van der Waals surface area contributed by atoms with Crippen LogP contribution in [0.2, 0.25) is 5.02 Å². The highest BCUT2D eigenvalue weighted by Gasteiger charge is 2.07. The highest BCUT2D eigenvalue weighted by atomic mass is 35.5. The molecule has 0 radical (unpaired) electrons. The molecule has 2 aromatic carbocycles. The number of nitrogens with two attached hydrogens (primary N) is 1. The minimum atomic E-state index is 0.618. The molecule has 0 saturated heterocycles. The molecule has 0 saturated carbocycles. The Morgan fingerprint density at radius 2 is 1.83 bits per heavy atom. The maximum Gasteiger partial charge on any atom is 0.0638 e. The second-order valence-electron chi connectivity index (χ2n) is 4.35. The van der Waals surface area contributed by atoms with Crippen molar-refractivity contribution in [2.45, 2.75) is 6.42 Å². The Morgan fingerprint density at radius 1 is 1.00 bits per heavy atom. The van der Waals surface area contributed by atoms with Crippen molar-refractivity contribution in [2.75, 3.05) is 5.73 Å². The molecule has 0 aliphatic carbocycles. The average Bonchev–Trinajstić information content (AvgIpc) is 2.79. The zero-order valence-electron chi connectivity index (χ0n) is 9.78. The predicted molar refractivity (Wildman–Crippen MR) is 77.0 cm³/mol. The van der Waals surface area contributed by atoms with Gasteiger partial charge >= 0.3 is 0 Å². The molecule has 0 unspecified atom stereocenters. The summed E-state index contributed by atoms with van der Waals surface area (Å²) < 4.78 is 0. The number of hydrogen-bond acceptors (Lipinski definition) is 1. The Labute approximate surface area is 110 Å². The Bertz CT molecular complexity index is 701. The molecule has 3 heteroatoms. The summed E-state index contributed by atoms with van der Waals surface area (Å²) in [5.41, 5.74) is 10.1. The van der Waals surface area contributed by atoms with Crippen LogP contribution in [-0.4, -0.2) is 4.98 Å². The first kappa shape index (κ1) is 11.2. The van der Waals surface area contributed by atoms with E-state index in [0.717, 1.165) is 17.5 Å². The van der Waals surface area contributed by atoms with Gasteiger partial charge in [0, 0.05) is 23.5 Å². The Hall–Kier alpha value is -1.93. The fourth-order valence-electron chi connectivity index (χ4n) is 2.22. The third-order valence-corrected chi connectivity index (χ3v) is 3.53. The summed E-state index contributed by atoms with van der Waals surface area (Å²) in [6.45, 7) is 0. The molecule has 0 bridgehead atoms. The van der Waals surface area contributed by atoms with E-state index in [4.69, 9.17) is 17.3 Å². The van der Waals surface area contributed by atoms with Gasteiger partial charge in [0.2, 0.25) is 0 Å². The zero-order chi connectivity index (χ0) is 12.5. The molecular formula is C15H13ClN2. The number of nitrogens with one attached hydrogen (secondary N) is 1. The van der Waals surface area contributed by atoms with Crippen molar-refractivity contribution in [2.24, 2.45) is 0 Å². The maximum atomic E-state index is 6.04. The maximum absolute atomic E-state index is 6.04. The van der Waals surface area contributed by atoms with Crippen LogP contribution in [0.3, 0.4) is 0 Å². The minimum absolute atomic E-state index is 0.618. The molecule has 0 aliphatic heterocycles. The summed E-state index contributed by atoms with van der Waals surface area (Å²) in [7, 11) is 0. The van der Waals surface area contributed by atoms with Crippen molar-refractivity contribution in [3.8, 4) is 0 Å². The predicted octanol–water partition coefficient (Wildman–Crippen LogP) is 3.99. The van der Waals surface area contributed by atoms with Crippen molar-refractivity contribution >= 4 is 28.2 Å². The Kier molecular flexibility index (Phi) is 2.73. The number of anilines is 1. The molecule has 0 amide bonds. The molecule has 0 fully saturated rings. The molecule has 90 valence electrons. The van der Waals surface area contributed by atoms with Gasteiger partial charge < -0.3 is 10.7 Å². The summed E-state index contributed by atoms with van der Waals surface area (Å²) in [6.07, 6.45) is 2.82. The summed E-state index contributed by atoms with van der Waals surface area (Å²) in [5.74, 6) is 0. The molecular weight excluding hydrogens is 244 g/mol. The van der Waals surface area contributed by atoms with Crippen LogP contribution < -0.4 is 5.73 Å². The topological polar surface area (TPSA) is 41.8 Å². The lowest BCUT2D eigenvalue weighted by atomic mass is 10.0. The SMILES string of the molecule is Nc1c(Cl)cccc1Cc1c[nH]c2ccccc12. The van der Waals surface area contributed by atoms with E-state index >= 15 is 0 Å². The number of nitrogen functional groups attached to an aromatic ring is 1. The highest BCUT2D eigenvalue weighted by molar-refractivity contribution is 6.33. The summed E-state index contributed by atoms with van der Waals surface area (Å²) in [6, 6.07) is 14.0. The summed E-state index contributed by atoms with van der Waals surface area (Å²) in [4.78, 5) is 3.27. The fraction of sp³-hybridized carbons (Fsp3) is 0.0667. The number of benzene rings is 2. The van der Waals surface area contributed by atoms with E-state index in [0.29, 0.717) is 10.7 Å². The van der Waals surface area contributed by atoms with Crippen molar-refractivity contribution < 1.29 is 0 Å². The van der Waals surface area contributed by atoms with Crippen molar-refractivity contribution in [3.63, 3.8) is 0 Å². The molecule has 0 spiro atoms. The van der Waals surface area contributed by atoms with Crippen LogP contribution in [0.4, 0.5) is 5.69 Å². The van der Waals surface area contributed by atoms with Crippen LogP contribution in [0.1, 0.15) is 11.1 Å². The van der Waals surface area contributed by atoms with E-state index in [9.17, 15) is 0 Å². The van der Waals surface area contributed by atoms with Crippen LogP contribution in [0.25, 0.3) is 10.9 Å². The molecule has 3 aromatic rings. The third kappa shape index (κ3) is 1.85. The molecule has 0 atom stereocenters. The van der Waals surface area contributed by atoms with E-state index in [1.54, 1.807) is 0 Å². The lowest BCUT2D eigenvalue weighted by Crippen LogP contribution is -1.95. The zero-order valence-corrected chi connectivity index (χ0v) is 10.5. The Morgan fingerprint density at radius 3 is 2.72 bits per heavy atom. The smallest absolute Gasteiger partial charge is 0.0638 e. The van der Waals surface area contributed by atoms with Gasteiger partial charge in [-0.3, -0.25) is 0 Å². The fourth-order valence-corrected chi connectivity index (χ4v) is 2.41. The minimum Gasteiger partial charge on any atom is -0.397 e. The van der Waals surface area contributed by atoms with Gasteiger partial charge in [0.1, 0.15) is 0 Å². The van der Waals surface area contributed by atoms with Gasteiger partial charge in [-0.2, -0.15) is 0 Å². The van der Waals surface area contributed by atoms with Crippen LogP contribution in [0, 0.1) is 0 Å². The summed E-state index contributed by atoms with van der Waals surface area (Å²) >= 11 is 6.04. The quantitative estimate of drug-likeness (QED) is 0.669. The van der Waals surface area contributed by atoms with E-state index in [2.05, 4.69) is 17.1 Å². The number of aromatic amines is 1. The number of fused-ring (bicyclic) bond motifs is 1.